The number of halogens is 1. The summed E-state index contributed by atoms with van der Waals surface area (Å²) in [6.07, 6.45) is 5.70. The topological polar surface area (TPSA) is 46.6 Å². The highest BCUT2D eigenvalue weighted by Crippen LogP contribution is 2.49. The summed E-state index contributed by atoms with van der Waals surface area (Å²) in [6, 6.07) is 8.22. The fourth-order valence-electron chi connectivity index (χ4n) is 3.57. The molecule has 23 heavy (non-hydrogen) atoms. The summed E-state index contributed by atoms with van der Waals surface area (Å²) >= 11 is 5.99. The normalized spacial score (nSPS) is 24.5. The van der Waals surface area contributed by atoms with Gasteiger partial charge in [0.15, 0.2) is 0 Å². The zero-order valence-corrected chi connectivity index (χ0v) is 15.1. The van der Waals surface area contributed by atoms with Gasteiger partial charge < -0.3 is 4.90 Å². The molecule has 0 radical (unpaired) electrons. The van der Waals surface area contributed by atoms with Gasteiger partial charge in [-0.3, -0.25) is 4.18 Å². The Morgan fingerprint density at radius 3 is 2.61 bits per heavy atom. The van der Waals surface area contributed by atoms with Crippen LogP contribution in [0.2, 0.25) is 5.02 Å². The summed E-state index contributed by atoms with van der Waals surface area (Å²) in [5, 5.41) is 0.778. The third-order valence-corrected chi connectivity index (χ3v) is 5.77. The maximum Gasteiger partial charge on any atom is 0.264 e. The van der Waals surface area contributed by atoms with Crippen molar-refractivity contribution in [2.24, 2.45) is 5.92 Å². The van der Waals surface area contributed by atoms with E-state index in [1.807, 2.05) is 12.1 Å². The van der Waals surface area contributed by atoms with Crippen LogP contribution >= 0.6 is 11.6 Å². The van der Waals surface area contributed by atoms with Crippen LogP contribution in [0.25, 0.3) is 0 Å². The third kappa shape index (κ3) is 4.69. The van der Waals surface area contributed by atoms with Crippen LogP contribution in [0, 0.1) is 5.92 Å². The van der Waals surface area contributed by atoms with Gasteiger partial charge in [0, 0.05) is 23.5 Å². The molecule has 1 unspecified atom stereocenters. The summed E-state index contributed by atoms with van der Waals surface area (Å²) in [7, 11) is -3.34. The molecule has 4 nitrogen and oxygen atoms in total. The fraction of sp³-hybridized carbons (Fsp3) is 0.647. The Hall–Kier alpha value is -0.620. The van der Waals surface area contributed by atoms with Crippen molar-refractivity contribution in [2.75, 3.05) is 32.5 Å². The van der Waals surface area contributed by atoms with Crippen LogP contribution in [0.15, 0.2) is 24.3 Å². The molecule has 0 amide bonds. The van der Waals surface area contributed by atoms with Gasteiger partial charge in [-0.1, -0.05) is 23.7 Å². The van der Waals surface area contributed by atoms with Gasteiger partial charge in [-0.2, -0.15) is 8.42 Å². The molecular weight excluding hydrogens is 334 g/mol. The predicted octanol–water partition coefficient (Wildman–Crippen LogP) is 3.06. The molecule has 0 bridgehead atoms. The fourth-order valence-corrected chi connectivity index (χ4v) is 4.14. The van der Waals surface area contributed by atoms with Crippen molar-refractivity contribution in [3.63, 3.8) is 0 Å². The van der Waals surface area contributed by atoms with Gasteiger partial charge in [0.05, 0.1) is 12.9 Å². The Balaban J connectivity index is 1.58. The first-order chi connectivity index (χ1) is 10.9. The molecule has 1 aliphatic carbocycles. The van der Waals surface area contributed by atoms with Crippen molar-refractivity contribution in [3.05, 3.63) is 34.9 Å². The number of benzene rings is 1. The van der Waals surface area contributed by atoms with E-state index >= 15 is 0 Å². The molecule has 1 saturated carbocycles. The molecule has 1 heterocycles. The van der Waals surface area contributed by atoms with Gasteiger partial charge in [0.1, 0.15) is 0 Å². The Morgan fingerprint density at radius 2 is 2.00 bits per heavy atom. The van der Waals surface area contributed by atoms with E-state index in [2.05, 4.69) is 17.0 Å². The second-order valence-electron chi connectivity index (χ2n) is 7.02. The maximum absolute atomic E-state index is 11.2. The van der Waals surface area contributed by atoms with Crippen LogP contribution in [-0.4, -0.2) is 45.8 Å². The van der Waals surface area contributed by atoms with E-state index in [1.165, 1.54) is 18.4 Å². The molecule has 1 saturated heterocycles. The lowest BCUT2D eigenvalue weighted by atomic mass is 9.92. The number of hydrogen-bond donors (Lipinski definition) is 0. The number of likely N-dealkylation sites (tertiary alicyclic amines) is 1. The summed E-state index contributed by atoms with van der Waals surface area (Å²) in [4.78, 5) is 2.47. The quantitative estimate of drug-likeness (QED) is 0.734. The highest BCUT2D eigenvalue weighted by molar-refractivity contribution is 7.85. The zero-order valence-electron chi connectivity index (χ0n) is 13.5. The lowest BCUT2D eigenvalue weighted by molar-refractivity contribution is 0.124. The average molecular weight is 358 g/mol. The van der Waals surface area contributed by atoms with Gasteiger partial charge in [-0.25, -0.2) is 0 Å². The van der Waals surface area contributed by atoms with Crippen LogP contribution in [0.1, 0.15) is 31.2 Å². The summed E-state index contributed by atoms with van der Waals surface area (Å²) < 4.78 is 27.3. The first-order valence-corrected chi connectivity index (χ1v) is 10.4. The molecule has 1 atom stereocenters. The van der Waals surface area contributed by atoms with Gasteiger partial charge in [-0.15, -0.1) is 0 Å². The van der Waals surface area contributed by atoms with Crippen LogP contribution in [0.3, 0.4) is 0 Å². The van der Waals surface area contributed by atoms with Crippen molar-refractivity contribution >= 4 is 21.7 Å². The van der Waals surface area contributed by atoms with Crippen molar-refractivity contribution in [1.29, 1.82) is 0 Å². The van der Waals surface area contributed by atoms with Crippen molar-refractivity contribution < 1.29 is 12.6 Å². The molecule has 3 rings (SSSR count). The smallest absolute Gasteiger partial charge is 0.264 e. The Bertz CT molecular complexity index is 640. The van der Waals surface area contributed by atoms with Crippen LogP contribution in [0.5, 0.6) is 0 Å². The van der Waals surface area contributed by atoms with Crippen LogP contribution in [0.4, 0.5) is 0 Å². The monoisotopic (exact) mass is 357 g/mol. The largest absolute Gasteiger partial charge is 0.302 e. The van der Waals surface area contributed by atoms with Crippen molar-refractivity contribution in [1.82, 2.24) is 4.90 Å². The van der Waals surface area contributed by atoms with Gasteiger partial charge in [0.25, 0.3) is 10.1 Å². The highest BCUT2D eigenvalue weighted by Gasteiger charge is 2.45. The van der Waals surface area contributed by atoms with E-state index in [0.717, 1.165) is 43.8 Å². The van der Waals surface area contributed by atoms with Crippen LogP contribution in [-0.2, 0) is 19.7 Å². The second kappa shape index (κ2) is 6.71. The molecule has 2 aliphatic rings. The van der Waals surface area contributed by atoms with Gasteiger partial charge in [-0.05, 0) is 55.8 Å². The SMILES string of the molecule is CS(=O)(=O)OCC1CCCN(CC2(c3ccc(Cl)cc3)CC2)C1. The predicted molar refractivity (Wildman–Crippen MR) is 92.3 cm³/mol. The molecule has 0 spiro atoms. The molecule has 6 heteroatoms. The molecule has 1 aromatic rings. The first-order valence-electron chi connectivity index (χ1n) is 8.19. The minimum atomic E-state index is -3.34. The molecule has 0 aromatic heterocycles. The lowest BCUT2D eigenvalue weighted by Crippen LogP contribution is -2.41. The van der Waals surface area contributed by atoms with Crippen molar-refractivity contribution in [3.8, 4) is 0 Å². The number of rotatable bonds is 6. The number of piperidine rings is 1. The van der Waals surface area contributed by atoms with Gasteiger partial charge >= 0.3 is 0 Å². The van der Waals surface area contributed by atoms with Crippen LogP contribution < -0.4 is 0 Å². The first kappa shape index (κ1) is 17.2. The summed E-state index contributed by atoms with van der Waals surface area (Å²) in [5.41, 5.74) is 1.64. The molecule has 1 aliphatic heterocycles. The Morgan fingerprint density at radius 1 is 1.30 bits per heavy atom. The minimum Gasteiger partial charge on any atom is -0.302 e. The maximum atomic E-state index is 11.2. The Kier molecular flexibility index (Phi) is 5.02. The standard InChI is InChI=1S/C17H24ClNO3S/c1-23(20,21)22-12-14-3-2-10-19(11-14)13-17(8-9-17)15-4-6-16(18)7-5-15/h4-7,14H,2-3,8-13H2,1H3. The van der Waals surface area contributed by atoms with Crippen molar-refractivity contribution in [2.45, 2.75) is 31.1 Å². The Labute approximate surface area is 143 Å². The summed E-state index contributed by atoms with van der Waals surface area (Å²) in [6.45, 7) is 3.36. The number of nitrogens with zero attached hydrogens (tertiary/aromatic N) is 1. The van der Waals surface area contributed by atoms with E-state index in [1.54, 1.807) is 0 Å². The van der Waals surface area contributed by atoms with E-state index in [4.69, 9.17) is 15.8 Å². The van der Waals surface area contributed by atoms with E-state index < -0.39 is 10.1 Å². The lowest BCUT2D eigenvalue weighted by Gasteiger charge is -2.35. The molecule has 128 valence electrons. The van der Waals surface area contributed by atoms with E-state index in [0.29, 0.717) is 12.5 Å². The van der Waals surface area contributed by atoms with Gasteiger partial charge in [0.2, 0.25) is 0 Å². The van der Waals surface area contributed by atoms with E-state index in [-0.39, 0.29) is 5.41 Å². The average Bonchev–Trinajstić information content (AvgIpc) is 3.26. The zero-order chi connectivity index (χ0) is 16.5. The molecule has 1 aromatic carbocycles. The minimum absolute atomic E-state index is 0.268. The molecular formula is C17H24ClNO3S. The molecule has 2 fully saturated rings. The second-order valence-corrected chi connectivity index (χ2v) is 9.10. The summed E-state index contributed by atoms with van der Waals surface area (Å²) in [5.74, 6) is 0.305. The number of hydrogen-bond acceptors (Lipinski definition) is 4. The van der Waals surface area contributed by atoms with E-state index in [9.17, 15) is 8.42 Å². The highest BCUT2D eigenvalue weighted by atomic mass is 35.5. The molecule has 0 N–H and O–H groups in total. The third-order valence-electron chi connectivity index (χ3n) is 4.96.